The van der Waals surface area contributed by atoms with Crippen LogP contribution in [0.25, 0.3) is 11.0 Å². The first-order chi connectivity index (χ1) is 9.09. The van der Waals surface area contributed by atoms with Crippen LogP contribution in [0, 0.1) is 0 Å². The molecule has 3 aromatic rings. The molecule has 96 valence electrons. The van der Waals surface area contributed by atoms with Gasteiger partial charge in [-0.1, -0.05) is 29.8 Å². The van der Waals surface area contributed by atoms with E-state index in [1.807, 2.05) is 0 Å². The van der Waals surface area contributed by atoms with Crippen molar-refractivity contribution >= 4 is 32.7 Å². The summed E-state index contributed by atoms with van der Waals surface area (Å²) in [7, 11) is -3.62. The Morgan fingerprint density at radius 1 is 1.11 bits per heavy atom. The molecule has 0 saturated heterocycles. The van der Waals surface area contributed by atoms with E-state index in [-0.39, 0.29) is 4.90 Å². The van der Waals surface area contributed by atoms with Crippen molar-refractivity contribution < 1.29 is 8.42 Å². The normalized spacial score (nSPS) is 11.8. The van der Waals surface area contributed by atoms with E-state index in [9.17, 15) is 8.42 Å². The Kier molecular flexibility index (Phi) is 2.80. The molecule has 0 bridgehead atoms. The Morgan fingerprint density at radius 2 is 1.84 bits per heavy atom. The van der Waals surface area contributed by atoms with Crippen molar-refractivity contribution in [3.63, 3.8) is 0 Å². The van der Waals surface area contributed by atoms with Gasteiger partial charge in [-0.05, 0) is 24.3 Å². The fourth-order valence-electron chi connectivity index (χ4n) is 1.87. The second kappa shape index (κ2) is 4.36. The smallest absolute Gasteiger partial charge is 0.236 e. The lowest BCUT2D eigenvalue weighted by atomic mass is 10.3. The number of hydrogen-bond acceptors (Lipinski definition) is 3. The Balaban J connectivity index is 2.25. The van der Waals surface area contributed by atoms with Crippen LogP contribution in [0.5, 0.6) is 0 Å². The van der Waals surface area contributed by atoms with Gasteiger partial charge in [-0.3, -0.25) is 0 Å². The van der Waals surface area contributed by atoms with Gasteiger partial charge in [0, 0.05) is 17.8 Å². The molecule has 3 rings (SSSR count). The molecule has 1 aromatic carbocycles. The molecule has 0 aliphatic rings. The third-order valence-corrected chi connectivity index (χ3v) is 4.65. The highest BCUT2D eigenvalue weighted by Gasteiger charge is 2.19. The van der Waals surface area contributed by atoms with E-state index in [0.717, 1.165) is 3.97 Å². The van der Waals surface area contributed by atoms with Crippen molar-refractivity contribution in [3.8, 4) is 0 Å². The SMILES string of the molecule is O=S(=O)(c1ccccc1)n1ccc2cc(Cl)cnc21. The minimum atomic E-state index is -3.62. The summed E-state index contributed by atoms with van der Waals surface area (Å²) in [4.78, 5) is 4.31. The average Bonchev–Trinajstić information content (AvgIpc) is 2.83. The second-order valence-electron chi connectivity index (χ2n) is 4.00. The van der Waals surface area contributed by atoms with Crippen molar-refractivity contribution in [2.75, 3.05) is 0 Å². The van der Waals surface area contributed by atoms with Crippen LogP contribution in [0.1, 0.15) is 0 Å². The van der Waals surface area contributed by atoms with E-state index in [1.165, 1.54) is 12.4 Å². The number of nitrogens with zero attached hydrogens (tertiary/aromatic N) is 2. The zero-order chi connectivity index (χ0) is 13.5. The van der Waals surface area contributed by atoms with Crippen molar-refractivity contribution in [1.29, 1.82) is 0 Å². The number of aromatic nitrogens is 2. The van der Waals surface area contributed by atoms with Crippen LogP contribution >= 0.6 is 11.6 Å². The molecule has 0 amide bonds. The molecule has 19 heavy (non-hydrogen) atoms. The summed E-state index contributed by atoms with van der Waals surface area (Å²) < 4.78 is 26.1. The van der Waals surface area contributed by atoms with Crippen LogP contribution in [0.4, 0.5) is 0 Å². The molecule has 4 nitrogen and oxygen atoms in total. The third-order valence-electron chi connectivity index (χ3n) is 2.76. The molecule has 0 aliphatic heterocycles. The third kappa shape index (κ3) is 2.01. The predicted octanol–water partition coefficient (Wildman–Crippen LogP) is 2.93. The van der Waals surface area contributed by atoms with Gasteiger partial charge < -0.3 is 0 Å². The summed E-state index contributed by atoms with van der Waals surface area (Å²) in [5.41, 5.74) is 0.369. The van der Waals surface area contributed by atoms with Crippen LogP contribution in [0.15, 0.2) is 59.8 Å². The summed E-state index contributed by atoms with van der Waals surface area (Å²) in [6.07, 6.45) is 2.91. The first-order valence-electron chi connectivity index (χ1n) is 5.52. The molecule has 0 fully saturated rings. The molecule has 2 aromatic heterocycles. The molecule has 0 atom stereocenters. The first kappa shape index (κ1) is 12.2. The zero-order valence-corrected chi connectivity index (χ0v) is 11.3. The van der Waals surface area contributed by atoms with E-state index in [1.54, 1.807) is 42.5 Å². The Bertz CT molecular complexity index is 841. The maximum absolute atomic E-state index is 12.5. The van der Waals surface area contributed by atoms with Gasteiger partial charge in [0.25, 0.3) is 10.0 Å². The topological polar surface area (TPSA) is 52.0 Å². The van der Waals surface area contributed by atoms with E-state index >= 15 is 0 Å². The molecular formula is C13H9ClN2O2S. The highest BCUT2D eigenvalue weighted by atomic mass is 35.5. The number of rotatable bonds is 2. The Morgan fingerprint density at radius 3 is 2.58 bits per heavy atom. The van der Waals surface area contributed by atoms with Crippen LogP contribution in [-0.4, -0.2) is 17.4 Å². The number of halogens is 1. The summed E-state index contributed by atoms with van der Waals surface area (Å²) in [6.45, 7) is 0. The lowest BCUT2D eigenvalue weighted by molar-refractivity contribution is 0.589. The quantitative estimate of drug-likeness (QED) is 0.730. The standard InChI is InChI=1S/C13H9ClN2O2S/c14-11-8-10-6-7-16(13(10)15-9-11)19(17,18)12-4-2-1-3-5-12/h1-9H. The van der Waals surface area contributed by atoms with E-state index in [0.29, 0.717) is 16.1 Å². The lowest BCUT2D eigenvalue weighted by Crippen LogP contribution is -2.12. The lowest BCUT2D eigenvalue weighted by Gasteiger charge is -2.06. The molecular weight excluding hydrogens is 284 g/mol. The molecule has 0 N–H and O–H groups in total. The van der Waals surface area contributed by atoms with Gasteiger partial charge in [0.2, 0.25) is 0 Å². The molecule has 0 saturated carbocycles. The van der Waals surface area contributed by atoms with Crippen molar-refractivity contribution in [1.82, 2.24) is 8.96 Å². The average molecular weight is 293 g/mol. The second-order valence-corrected chi connectivity index (χ2v) is 6.25. The van der Waals surface area contributed by atoms with Crippen LogP contribution in [0.2, 0.25) is 5.02 Å². The maximum atomic E-state index is 12.5. The summed E-state index contributed by atoms with van der Waals surface area (Å²) >= 11 is 5.84. The minimum absolute atomic E-state index is 0.226. The van der Waals surface area contributed by atoms with Gasteiger partial charge in [0.1, 0.15) is 0 Å². The fourth-order valence-corrected chi connectivity index (χ4v) is 3.37. The molecule has 6 heteroatoms. The van der Waals surface area contributed by atoms with E-state index in [2.05, 4.69) is 4.98 Å². The highest BCUT2D eigenvalue weighted by molar-refractivity contribution is 7.90. The van der Waals surface area contributed by atoms with Crippen LogP contribution < -0.4 is 0 Å². The molecule has 0 aliphatic carbocycles. The highest BCUT2D eigenvalue weighted by Crippen LogP contribution is 2.22. The molecule has 0 radical (unpaired) electrons. The van der Waals surface area contributed by atoms with Crippen molar-refractivity contribution in [3.05, 3.63) is 59.9 Å². The van der Waals surface area contributed by atoms with Gasteiger partial charge in [-0.2, -0.15) is 0 Å². The minimum Gasteiger partial charge on any atom is -0.236 e. The molecule has 0 spiro atoms. The maximum Gasteiger partial charge on any atom is 0.269 e. The first-order valence-corrected chi connectivity index (χ1v) is 7.34. The Labute approximate surface area is 115 Å². The summed E-state index contributed by atoms with van der Waals surface area (Å²) in [6, 6.07) is 11.6. The fraction of sp³-hybridized carbons (Fsp3) is 0. The molecule has 2 heterocycles. The summed E-state index contributed by atoms with van der Waals surface area (Å²) in [5.74, 6) is 0. The summed E-state index contributed by atoms with van der Waals surface area (Å²) in [5, 5.41) is 1.16. The van der Waals surface area contributed by atoms with Gasteiger partial charge in [-0.25, -0.2) is 17.4 Å². The largest absolute Gasteiger partial charge is 0.269 e. The van der Waals surface area contributed by atoms with Crippen molar-refractivity contribution in [2.24, 2.45) is 0 Å². The van der Waals surface area contributed by atoms with Gasteiger partial charge in [-0.15, -0.1) is 0 Å². The predicted molar refractivity (Wildman–Crippen MR) is 73.8 cm³/mol. The number of pyridine rings is 1. The van der Waals surface area contributed by atoms with E-state index < -0.39 is 10.0 Å². The van der Waals surface area contributed by atoms with Crippen molar-refractivity contribution in [2.45, 2.75) is 4.90 Å². The number of benzene rings is 1. The molecule has 0 unspecified atom stereocenters. The van der Waals surface area contributed by atoms with Gasteiger partial charge in [0.05, 0.1) is 9.92 Å². The van der Waals surface area contributed by atoms with Gasteiger partial charge >= 0.3 is 0 Å². The van der Waals surface area contributed by atoms with Gasteiger partial charge in [0.15, 0.2) is 5.65 Å². The monoisotopic (exact) mass is 292 g/mol. The van der Waals surface area contributed by atoms with Crippen LogP contribution in [-0.2, 0) is 10.0 Å². The van der Waals surface area contributed by atoms with Crippen LogP contribution in [0.3, 0.4) is 0 Å². The number of hydrogen-bond donors (Lipinski definition) is 0. The zero-order valence-electron chi connectivity index (χ0n) is 9.69. The van der Waals surface area contributed by atoms with E-state index in [4.69, 9.17) is 11.6 Å². The number of fused-ring (bicyclic) bond motifs is 1. The Hall–Kier alpha value is -1.85.